The van der Waals surface area contributed by atoms with E-state index in [0.29, 0.717) is 49.8 Å². The first kappa shape index (κ1) is 25.7. The molecule has 1 aliphatic heterocycles. The number of nitrogens with one attached hydrogen (secondary N) is 3. The number of imidazole rings is 1. The van der Waals surface area contributed by atoms with E-state index in [1.807, 2.05) is 53.4 Å². The lowest BCUT2D eigenvalue weighted by Crippen LogP contribution is -2.31. The second-order valence-electron chi connectivity index (χ2n) is 10.4. The third kappa shape index (κ3) is 5.70. The molecule has 1 aromatic carbocycles. The number of amides is 2. The molecule has 6 rings (SSSR count). The molecule has 2 atom stereocenters. The summed E-state index contributed by atoms with van der Waals surface area (Å²) in [5.74, 6) is 1.34. The quantitative estimate of drug-likeness (QED) is 0.279. The maximum atomic E-state index is 13.6. The van der Waals surface area contributed by atoms with E-state index >= 15 is 0 Å². The zero-order valence-corrected chi connectivity index (χ0v) is 22.2. The summed E-state index contributed by atoms with van der Waals surface area (Å²) in [6.45, 7) is 1.57. The monoisotopic (exact) mass is 536 g/mol. The first-order valence-electron chi connectivity index (χ1n) is 13.8. The van der Waals surface area contributed by atoms with Crippen molar-refractivity contribution in [1.29, 1.82) is 0 Å². The number of H-pyrrole nitrogens is 1. The molecule has 2 aliphatic rings. The van der Waals surface area contributed by atoms with Gasteiger partial charge < -0.3 is 20.5 Å². The average molecular weight is 537 g/mol. The maximum Gasteiger partial charge on any atom is 0.272 e. The van der Waals surface area contributed by atoms with Crippen LogP contribution in [-0.4, -0.2) is 61.8 Å². The number of pyridine rings is 1. The third-order valence-electron chi connectivity index (χ3n) is 7.71. The van der Waals surface area contributed by atoms with Crippen LogP contribution in [0.1, 0.15) is 40.4 Å². The zero-order valence-electron chi connectivity index (χ0n) is 22.2. The predicted molar refractivity (Wildman–Crippen MR) is 151 cm³/mol. The number of rotatable bonds is 9. The lowest BCUT2D eigenvalue weighted by molar-refractivity contribution is -0.109. The van der Waals surface area contributed by atoms with Crippen LogP contribution in [0, 0.1) is 11.8 Å². The number of carbonyl (C=O) groups excluding carboxylic acids is 2. The van der Waals surface area contributed by atoms with E-state index in [-0.39, 0.29) is 17.7 Å². The topological polar surface area (TPSA) is 129 Å². The van der Waals surface area contributed by atoms with E-state index in [1.54, 1.807) is 12.3 Å². The molecule has 1 aliphatic carbocycles. The number of hydrogen-bond acceptors (Lipinski definition) is 7. The Morgan fingerprint density at radius 2 is 1.82 bits per heavy atom. The van der Waals surface area contributed by atoms with Gasteiger partial charge in [0.1, 0.15) is 11.4 Å². The fourth-order valence-corrected chi connectivity index (χ4v) is 5.68. The molecule has 0 spiro atoms. The second kappa shape index (κ2) is 11.6. The van der Waals surface area contributed by atoms with Crippen LogP contribution in [0.2, 0.25) is 0 Å². The van der Waals surface area contributed by atoms with E-state index in [9.17, 15) is 9.59 Å². The summed E-state index contributed by atoms with van der Waals surface area (Å²) in [6, 6.07) is 17.2. The molecule has 2 unspecified atom stereocenters. The summed E-state index contributed by atoms with van der Waals surface area (Å²) < 4.78 is 0. The van der Waals surface area contributed by atoms with Gasteiger partial charge in [0.2, 0.25) is 12.4 Å². The number of benzene rings is 1. The summed E-state index contributed by atoms with van der Waals surface area (Å²) in [5.41, 5.74) is 5.15. The number of hydrogen-bond donors (Lipinski definition) is 3. The molecule has 204 valence electrons. The predicted octanol–water partition coefficient (Wildman–Crippen LogP) is 3.56. The number of para-hydroxylation sites is 1. The first-order valence-corrected chi connectivity index (χ1v) is 13.8. The van der Waals surface area contributed by atoms with E-state index in [2.05, 4.69) is 20.6 Å². The lowest BCUT2D eigenvalue weighted by Gasteiger charge is -2.17. The van der Waals surface area contributed by atoms with Crippen LogP contribution in [0.15, 0.2) is 60.8 Å². The molecule has 1 fully saturated rings. The fourth-order valence-electron chi connectivity index (χ4n) is 5.68. The van der Waals surface area contributed by atoms with Crippen molar-refractivity contribution in [2.24, 2.45) is 11.8 Å². The minimum Gasteiger partial charge on any atom is -0.358 e. The molecule has 3 aromatic heterocycles. The van der Waals surface area contributed by atoms with Gasteiger partial charge in [-0.15, -0.1) is 0 Å². The van der Waals surface area contributed by atoms with Gasteiger partial charge in [-0.05, 0) is 74.3 Å². The summed E-state index contributed by atoms with van der Waals surface area (Å²) in [4.78, 5) is 48.5. The van der Waals surface area contributed by atoms with Crippen molar-refractivity contribution in [3.05, 3.63) is 83.6 Å². The van der Waals surface area contributed by atoms with Crippen molar-refractivity contribution in [1.82, 2.24) is 35.1 Å². The van der Waals surface area contributed by atoms with Crippen molar-refractivity contribution >= 4 is 24.0 Å². The summed E-state index contributed by atoms with van der Waals surface area (Å²) in [7, 11) is 0. The Balaban J connectivity index is 1.17. The number of fused-ring (bicyclic) bond motifs is 1. The number of nitrogens with zero attached hydrogens (tertiary/aromatic N) is 5. The zero-order chi connectivity index (χ0) is 27.3. The largest absolute Gasteiger partial charge is 0.358 e. The highest BCUT2D eigenvalue weighted by atomic mass is 16.2. The van der Waals surface area contributed by atoms with E-state index in [4.69, 9.17) is 15.0 Å². The molecule has 0 bridgehead atoms. The Kier molecular flexibility index (Phi) is 7.47. The molecule has 4 aromatic rings. The first-order chi connectivity index (χ1) is 19.7. The number of aryl methyl sites for hydroxylation is 2. The van der Waals surface area contributed by atoms with Gasteiger partial charge in [-0.3, -0.25) is 9.59 Å². The molecular formula is C30H32N8O2. The smallest absolute Gasteiger partial charge is 0.272 e. The van der Waals surface area contributed by atoms with Crippen LogP contribution in [0.4, 0.5) is 11.6 Å². The van der Waals surface area contributed by atoms with Gasteiger partial charge in [0.15, 0.2) is 5.82 Å². The van der Waals surface area contributed by atoms with E-state index in [0.717, 1.165) is 48.6 Å². The van der Waals surface area contributed by atoms with Crippen molar-refractivity contribution in [2.75, 3.05) is 25.0 Å². The third-order valence-corrected chi connectivity index (χ3v) is 7.71. The molecule has 0 saturated carbocycles. The number of carbonyl (C=O) groups is 2. The van der Waals surface area contributed by atoms with Gasteiger partial charge in [-0.25, -0.2) is 19.9 Å². The van der Waals surface area contributed by atoms with Gasteiger partial charge in [0.05, 0.1) is 5.69 Å². The molecule has 40 heavy (non-hydrogen) atoms. The van der Waals surface area contributed by atoms with Gasteiger partial charge in [-0.2, -0.15) is 0 Å². The number of aromatic nitrogens is 5. The second-order valence-corrected chi connectivity index (χ2v) is 10.4. The van der Waals surface area contributed by atoms with Crippen LogP contribution in [0.5, 0.6) is 0 Å². The van der Waals surface area contributed by atoms with Crippen molar-refractivity contribution < 1.29 is 9.59 Å². The highest BCUT2D eigenvalue weighted by Gasteiger charge is 2.36. The van der Waals surface area contributed by atoms with Crippen LogP contribution in [0.25, 0.3) is 11.5 Å². The van der Waals surface area contributed by atoms with Gasteiger partial charge in [0, 0.05) is 42.9 Å². The van der Waals surface area contributed by atoms with Crippen molar-refractivity contribution in [3.63, 3.8) is 0 Å². The molecule has 1 saturated heterocycles. The number of anilines is 2. The molecule has 0 radical (unpaired) electrons. The minimum absolute atomic E-state index is 0.0922. The van der Waals surface area contributed by atoms with Crippen molar-refractivity contribution in [3.8, 4) is 11.5 Å². The van der Waals surface area contributed by atoms with E-state index < -0.39 is 0 Å². The fraction of sp³-hybridized carbons (Fsp3) is 0.333. The standard InChI is InChI=1S/C30H32N8O2/c39-19-31-16-21-18-38(17-20(21)15-23-13-14-32-30(34-23)33-22-7-2-1-3-8-22)29(40)27-12-6-11-26(35-27)28-36-24-9-4-5-10-25(24)37-28/h1-3,6-8,11-14,19-21H,4-5,9-10,15-18H2,(H,31,39)(H,36,37)(H,32,33,34). The van der Waals surface area contributed by atoms with Crippen LogP contribution in [0.3, 0.4) is 0 Å². The van der Waals surface area contributed by atoms with Gasteiger partial charge in [0.25, 0.3) is 5.91 Å². The minimum atomic E-state index is -0.120. The highest BCUT2D eigenvalue weighted by Crippen LogP contribution is 2.28. The van der Waals surface area contributed by atoms with Crippen LogP contribution in [-0.2, 0) is 24.1 Å². The molecule has 2 amide bonds. The van der Waals surface area contributed by atoms with Crippen LogP contribution >= 0.6 is 0 Å². The van der Waals surface area contributed by atoms with Crippen LogP contribution < -0.4 is 10.6 Å². The Morgan fingerprint density at radius 3 is 2.67 bits per heavy atom. The molecule has 4 heterocycles. The normalized spacial score (nSPS) is 18.2. The Bertz CT molecular complexity index is 1460. The number of likely N-dealkylation sites (tertiary alicyclic amines) is 1. The highest BCUT2D eigenvalue weighted by molar-refractivity contribution is 5.93. The molecule has 10 nitrogen and oxygen atoms in total. The molecule has 3 N–H and O–H groups in total. The van der Waals surface area contributed by atoms with Gasteiger partial charge >= 0.3 is 0 Å². The summed E-state index contributed by atoms with van der Waals surface area (Å²) in [5, 5.41) is 6.05. The van der Waals surface area contributed by atoms with E-state index in [1.165, 1.54) is 5.69 Å². The Labute approximate surface area is 232 Å². The SMILES string of the molecule is O=CNCC1CN(C(=O)c2cccc(-c3nc4c([nH]3)CCCC4)n2)CC1Cc1ccnc(Nc2ccccc2)n1. The summed E-state index contributed by atoms with van der Waals surface area (Å²) in [6.07, 6.45) is 7.41. The Hall–Kier alpha value is -4.60. The Morgan fingerprint density at radius 1 is 0.975 bits per heavy atom. The van der Waals surface area contributed by atoms with Gasteiger partial charge in [-0.1, -0.05) is 24.3 Å². The summed E-state index contributed by atoms with van der Waals surface area (Å²) >= 11 is 0. The molecule has 10 heteroatoms. The number of aromatic amines is 1. The lowest BCUT2D eigenvalue weighted by atomic mass is 9.91. The maximum absolute atomic E-state index is 13.6. The van der Waals surface area contributed by atoms with Crippen molar-refractivity contribution in [2.45, 2.75) is 32.1 Å². The molecular weight excluding hydrogens is 504 g/mol. The average Bonchev–Trinajstić information content (AvgIpc) is 3.61.